The molecule has 2 aromatic carbocycles. The van der Waals surface area contributed by atoms with Gasteiger partial charge in [-0.3, -0.25) is 35.3 Å². The fourth-order valence-corrected chi connectivity index (χ4v) is 2.58. The van der Waals surface area contributed by atoms with Crippen LogP contribution in [0.25, 0.3) is 0 Å². The van der Waals surface area contributed by atoms with Crippen molar-refractivity contribution in [1.82, 2.24) is 16.2 Å². The number of nitrogens with zero attached hydrogens (tertiary/aromatic N) is 1. The number of hydrazine groups is 1. The predicted molar refractivity (Wildman–Crippen MR) is 106 cm³/mol. The van der Waals surface area contributed by atoms with Gasteiger partial charge in [-0.15, -0.1) is 0 Å². The summed E-state index contributed by atoms with van der Waals surface area (Å²) >= 11 is 0. The van der Waals surface area contributed by atoms with Crippen molar-refractivity contribution in [3.05, 3.63) is 75.3 Å². The van der Waals surface area contributed by atoms with Gasteiger partial charge >= 0.3 is 0 Å². The van der Waals surface area contributed by atoms with Gasteiger partial charge in [-0.25, -0.2) is 0 Å². The Kier molecular flexibility index (Phi) is 7.02. The average Bonchev–Trinajstić information content (AvgIpc) is 2.69. The lowest BCUT2D eigenvalue weighted by Gasteiger charge is -2.22. The van der Waals surface area contributed by atoms with E-state index in [1.54, 1.807) is 39.0 Å². The second kappa shape index (κ2) is 9.45. The maximum atomic E-state index is 12.5. The van der Waals surface area contributed by atoms with Crippen molar-refractivity contribution in [1.29, 1.82) is 0 Å². The van der Waals surface area contributed by atoms with Crippen molar-refractivity contribution in [3.63, 3.8) is 0 Å². The number of amides is 3. The summed E-state index contributed by atoms with van der Waals surface area (Å²) in [6, 6.07) is 11.1. The molecule has 9 heteroatoms. The van der Waals surface area contributed by atoms with E-state index in [-0.39, 0.29) is 17.2 Å². The molecule has 3 amide bonds. The van der Waals surface area contributed by atoms with Crippen LogP contribution in [0.2, 0.25) is 0 Å². The van der Waals surface area contributed by atoms with Gasteiger partial charge in [-0.2, -0.15) is 0 Å². The van der Waals surface area contributed by atoms with E-state index in [0.29, 0.717) is 5.56 Å². The van der Waals surface area contributed by atoms with Crippen molar-refractivity contribution in [2.45, 2.75) is 26.8 Å². The fraction of sp³-hybridized carbons (Fsp3) is 0.250. The van der Waals surface area contributed by atoms with Crippen LogP contribution < -0.4 is 16.2 Å². The standard InChI is InChI=1S/C20H22N4O5/c1-12(2)17(21-19(26)16-7-5-4-6-13(16)3)20(27)23-22-18(25)14-8-10-15(11-9-14)24(28)29/h4-12,17H,1-3H3,(H,21,26)(H,22,25)(H,23,27)/t17-/m0/s1. The number of carbonyl (C=O) groups excluding carboxylic acids is 3. The third-order valence-electron chi connectivity index (χ3n) is 4.26. The molecule has 0 heterocycles. The fourth-order valence-electron chi connectivity index (χ4n) is 2.58. The number of hydrogen-bond acceptors (Lipinski definition) is 5. The summed E-state index contributed by atoms with van der Waals surface area (Å²) in [4.78, 5) is 47.2. The molecule has 0 unspecified atom stereocenters. The number of nitro groups is 1. The second-order valence-corrected chi connectivity index (χ2v) is 6.76. The van der Waals surface area contributed by atoms with Gasteiger partial charge in [0.1, 0.15) is 6.04 Å². The number of aryl methyl sites for hydroxylation is 1. The van der Waals surface area contributed by atoms with Crippen molar-refractivity contribution in [2.75, 3.05) is 0 Å². The molecule has 0 aliphatic carbocycles. The Morgan fingerprint density at radius 1 is 0.931 bits per heavy atom. The molecule has 2 rings (SSSR count). The lowest BCUT2D eigenvalue weighted by Crippen LogP contribution is -2.54. The molecule has 2 aromatic rings. The molecule has 3 N–H and O–H groups in total. The zero-order valence-corrected chi connectivity index (χ0v) is 16.3. The minimum absolute atomic E-state index is 0.140. The average molecular weight is 398 g/mol. The van der Waals surface area contributed by atoms with Crippen LogP contribution in [0.1, 0.15) is 40.1 Å². The zero-order valence-electron chi connectivity index (χ0n) is 16.3. The molecule has 0 fully saturated rings. The largest absolute Gasteiger partial charge is 0.340 e. The van der Waals surface area contributed by atoms with E-state index in [1.807, 2.05) is 6.07 Å². The van der Waals surface area contributed by atoms with Gasteiger partial charge in [0.15, 0.2) is 0 Å². The molecular formula is C20H22N4O5. The minimum Gasteiger partial charge on any atom is -0.340 e. The van der Waals surface area contributed by atoms with E-state index in [4.69, 9.17) is 0 Å². The SMILES string of the molecule is Cc1ccccc1C(=O)N[C@H](C(=O)NNC(=O)c1ccc([N+](=O)[O-])cc1)C(C)C. The van der Waals surface area contributed by atoms with Gasteiger partial charge in [0.05, 0.1) is 4.92 Å². The van der Waals surface area contributed by atoms with Crippen LogP contribution in [0.4, 0.5) is 5.69 Å². The monoisotopic (exact) mass is 398 g/mol. The number of nitro benzene ring substituents is 1. The normalized spacial score (nSPS) is 11.4. The maximum Gasteiger partial charge on any atom is 0.269 e. The highest BCUT2D eigenvalue weighted by Crippen LogP contribution is 2.12. The molecule has 0 radical (unpaired) electrons. The molecule has 29 heavy (non-hydrogen) atoms. The maximum absolute atomic E-state index is 12.5. The van der Waals surface area contributed by atoms with Crippen LogP contribution in [0.3, 0.4) is 0 Å². The van der Waals surface area contributed by atoms with E-state index >= 15 is 0 Å². The molecule has 0 aromatic heterocycles. The zero-order chi connectivity index (χ0) is 21.6. The van der Waals surface area contributed by atoms with Crippen LogP contribution >= 0.6 is 0 Å². The lowest BCUT2D eigenvalue weighted by atomic mass is 10.0. The predicted octanol–water partition coefficient (Wildman–Crippen LogP) is 2.12. The number of benzene rings is 2. The van der Waals surface area contributed by atoms with E-state index < -0.39 is 28.7 Å². The van der Waals surface area contributed by atoms with Gasteiger partial charge in [-0.1, -0.05) is 32.0 Å². The lowest BCUT2D eigenvalue weighted by molar-refractivity contribution is -0.384. The van der Waals surface area contributed by atoms with Gasteiger partial charge in [-0.05, 0) is 36.6 Å². The van der Waals surface area contributed by atoms with E-state index in [1.165, 1.54) is 24.3 Å². The highest BCUT2D eigenvalue weighted by Gasteiger charge is 2.25. The minimum atomic E-state index is -0.876. The third-order valence-corrected chi connectivity index (χ3v) is 4.26. The molecule has 0 saturated carbocycles. The van der Waals surface area contributed by atoms with Gasteiger partial charge in [0.25, 0.3) is 23.4 Å². The summed E-state index contributed by atoms with van der Waals surface area (Å²) in [7, 11) is 0. The number of hydrogen-bond donors (Lipinski definition) is 3. The Morgan fingerprint density at radius 2 is 1.55 bits per heavy atom. The van der Waals surface area contributed by atoms with Gasteiger partial charge in [0.2, 0.25) is 0 Å². The number of non-ortho nitro benzene ring substituents is 1. The molecule has 0 spiro atoms. The Bertz CT molecular complexity index is 925. The number of nitrogens with one attached hydrogen (secondary N) is 3. The molecule has 0 aliphatic rings. The van der Waals surface area contributed by atoms with Crippen LogP contribution in [0.5, 0.6) is 0 Å². The van der Waals surface area contributed by atoms with Crippen molar-refractivity contribution >= 4 is 23.4 Å². The smallest absolute Gasteiger partial charge is 0.269 e. The Balaban J connectivity index is 2.00. The summed E-state index contributed by atoms with van der Waals surface area (Å²) in [5.74, 6) is -1.85. The molecular weight excluding hydrogens is 376 g/mol. The Hall–Kier alpha value is -3.75. The van der Waals surface area contributed by atoms with Crippen LogP contribution in [-0.2, 0) is 4.79 Å². The van der Waals surface area contributed by atoms with Crippen molar-refractivity contribution in [2.24, 2.45) is 5.92 Å². The van der Waals surface area contributed by atoms with E-state index in [2.05, 4.69) is 16.2 Å². The van der Waals surface area contributed by atoms with Crippen LogP contribution in [0, 0.1) is 23.0 Å². The first kappa shape index (κ1) is 21.5. The molecule has 9 nitrogen and oxygen atoms in total. The topological polar surface area (TPSA) is 130 Å². The highest BCUT2D eigenvalue weighted by molar-refractivity contribution is 5.99. The highest BCUT2D eigenvalue weighted by atomic mass is 16.6. The first-order valence-corrected chi connectivity index (χ1v) is 8.92. The summed E-state index contributed by atoms with van der Waals surface area (Å²) in [6.45, 7) is 5.32. The third kappa shape index (κ3) is 5.61. The van der Waals surface area contributed by atoms with Gasteiger partial charge in [0, 0.05) is 23.3 Å². The summed E-state index contributed by atoms with van der Waals surface area (Å²) < 4.78 is 0. The summed E-state index contributed by atoms with van der Waals surface area (Å²) in [6.07, 6.45) is 0. The molecule has 0 bridgehead atoms. The first-order chi connectivity index (χ1) is 13.7. The van der Waals surface area contributed by atoms with E-state index in [0.717, 1.165) is 5.56 Å². The second-order valence-electron chi connectivity index (χ2n) is 6.76. The summed E-state index contributed by atoms with van der Waals surface area (Å²) in [5, 5.41) is 13.3. The number of rotatable bonds is 6. The quantitative estimate of drug-likeness (QED) is 0.507. The van der Waals surface area contributed by atoms with E-state index in [9.17, 15) is 24.5 Å². The molecule has 1 atom stereocenters. The first-order valence-electron chi connectivity index (χ1n) is 8.92. The Labute approximate surface area is 167 Å². The number of carbonyl (C=O) groups is 3. The van der Waals surface area contributed by atoms with Crippen LogP contribution in [-0.4, -0.2) is 28.7 Å². The molecule has 0 saturated heterocycles. The van der Waals surface area contributed by atoms with Crippen molar-refractivity contribution in [3.8, 4) is 0 Å². The Morgan fingerprint density at radius 3 is 2.10 bits per heavy atom. The van der Waals surface area contributed by atoms with Gasteiger partial charge < -0.3 is 5.32 Å². The van der Waals surface area contributed by atoms with Crippen LogP contribution in [0.15, 0.2) is 48.5 Å². The summed E-state index contributed by atoms with van der Waals surface area (Å²) in [5.41, 5.74) is 5.76. The molecule has 152 valence electrons. The van der Waals surface area contributed by atoms with Crippen molar-refractivity contribution < 1.29 is 19.3 Å². The molecule has 0 aliphatic heterocycles.